The molecule has 214 valence electrons. The number of urea groups is 1. The molecule has 3 atom stereocenters. The lowest BCUT2D eigenvalue weighted by atomic mass is 9.65. The summed E-state index contributed by atoms with van der Waals surface area (Å²) in [5, 5.41) is 13.2. The van der Waals surface area contributed by atoms with Crippen molar-refractivity contribution in [3.8, 4) is 17.2 Å². The van der Waals surface area contributed by atoms with Crippen LogP contribution in [-0.4, -0.2) is 75.2 Å². The van der Waals surface area contributed by atoms with Gasteiger partial charge in [0, 0.05) is 29.3 Å². The number of anilines is 1. The van der Waals surface area contributed by atoms with Crippen molar-refractivity contribution in [2.75, 3.05) is 40.2 Å². The summed E-state index contributed by atoms with van der Waals surface area (Å²) < 4.78 is 48.0. The van der Waals surface area contributed by atoms with Crippen LogP contribution in [-0.2, 0) is 10.2 Å². The molecule has 1 saturated carbocycles. The smallest absolute Gasteiger partial charge is 0.490 e. The molecule has 3 N–H and O–H groups in total. The predicted octanol–water partition coefficient (Wildman–Crippen LogP) is 4.66. The first-order valence-corrected chi connectivity index (χ1v) is 12.4. The lowest BCUT2D eigenvalue weighted by Crippen LogP contribution is -2.52. The molecule has 0 aromatic heterocycles. The summed E-state index contributed by atoms with van der Waals surface area (Å²) in [6.07, 6.45) is -1.12. The minimum Gasteiger partial charge on any atom is -0.497 e. The van der Waals surface area contributed by atoms with Crippen molar-refractivity contribution in [2.45, 2.75) is 49.4 Å². The number of fused-ring (bicyclic) bond motifs is 1. The minimum atomic E-state index is -5.08. The first-order chi connectivity index (χ1) is 18.4. The summed E-state index contributed by atoms with van der Waals surface area (Å²) in [6.45, 7) is 1.04. The average molecular weight is 554 g/mol. The molecule has 9 nitrogen and oxygen atoms in total. The highest BCUT2D eigenvalue weighted by Gasteiger charge is 2.50. The van der Waals surface area contributed by atoms with Crippen LogP contribution in [0.5, 0.6) is 17.2 Å². The first kappa shape index (κ1) is 29.9. The summed E-state index contributed by atoms with van der Waals surface area (Å²) in [4.78, 5) is 24.0. The van der Waals surface area contributed by atoms with Crippen molar-refractivity contribution >= 4 is 17.7 Å². The Balaban J connectivity index is 0.000000532. The van der Waals surface area contributed by atoms with Gasteiger partial charge in [-0.3, -0.25) is 0 Å². The third-order valence-electron chi connectivity index (χ3n) is 7.39. The number of halogens is 3. The third-order valence-corrected chi connectivity index (χ3v) is 7.39. The summed E-state index contributed by atoms with van der Waals surface area (Å²) in [5.74, 6) is -0.522. The summed E-state index contributed by atoms with van der Waals surface area (Å²) in [5.41, 5.74) is 2.08. The Morgan fingerprint density at radius 3 is 2.33 bits per heavy atom. The highest BCUT2D eigenvalue weighted by atomic mass is 19.4. The maximum absolute atomic E-state index is 12.7. The van der Waals surface area contributed by atoms with Gasteiger partial charge in [0.1, 0.15) is 5.75 Å². The zero-order valence-corrected chi connectivity index (χ0v) is 22.3. The number of methoxy groups -OCH3 is 3. The molecule has 2 aromatic carbocycles. The number of carboxylic acids is 1. The van der Waals surface area contributed by atoms with E-state index in [2.05, 4.69) is 34.7 Å². The highest BCUT2D eigenvalue weighted by molar-refractivity contribution is 5.89. The van der Waals surface area contributed by atoms with Crippen molar-refractivity contribution in [2.24, 2.45) is 0 Å². The number of carboxylic acid groups (broad SMARTS) is 1. The molecule has 2 aliphatic rings. The number of carbonyl (C=O) groups excluding carboxylic acids is 1. The topological polar surface area (TPSA) is 109 Å². The number of nitrogens with zero attached hydrogens (tertiary/aromatic N) is 1. The third kappa shape index (κ3) is 7.05. The number of carbonyl (C=O) groups is 2. The lowest BCUT2D eigenvalue weighted by molar-refractivity contribution is -0.192. The predicted molar refractivity (Wildman–Crippen MR) is 139 cm³/mol. The van der Waals surface area contributed by atoms with Gasteiger partial charge in [-0.15, -0.1) is 0 Å². The molecule has 1 saturated heterocycles. The van der Waals surface area contributed by atoms with E-state index in [0.29, 0.717) is 11.8 Å². The van der Waals surface area contributed by atoms with E-state index in [1.807, 2.05) is 30.3 Å². The molecule has 2 amide bonds. The Kier molecular flexibility index (Phi) is 9.54. The van der Waals surface area contributed by atoms with Gasteiger partial charge in [0.15, 0.2) is 11.5 Å². The Bertz CT molecular complexity index is 1160. The number of rotatable bonds is 6. The monoisotopic (exact) mass is 553 g/mol. The number of likely N-dealkylation sites (N-methyl/N-ethyl adjacent to an activating group) is 1. The fraction of sp³-hybridized carbons (Fsp3) is 0.481. The van der Waals surface area contributed by atoms with Crippen molar-refractivity contribution in [1.29, 1.82) is 0 Å². The number of amides is 2. The quantitative estimate of drug-likeness (QED) is 0.477. The van der Waals surface area contributed by atoms with E-state index in [1.54, 1.807) is 21.3 Å². The van der Waals surface area contributed by atoms with Crippen LogP contribution in [0.4, 0.5) is 23.7 Å². The Hall–Kier alpha value is -3.67. The van der Waals surface area contributed by atoms with Crippen LogP contribution < -0.4 is 24.8 Å². The number of ether oxygens (including phenoxy) is 3. The number of likely N-dealkylation sites (tertiary alicyclic amines) is 1. The van der Waals surface area contributed by atoms with Gasteiger partial charge >= 0.3 is 18.2 Å². The normalized spacial score (nSPS) is 22.5. The fourth-order valence-corrected chi connectivity index (χ4v) is 5.45. The molecule has 1 heterocycles. The Morgan fingerprint density at radius 2 is 1.72 bits per heavy atom. The molecular formula is C27H34F3N3O6. The number of nitrogens with one attached hydrogen (secondary N) is 2. The van der Waals surface area contributed by atoms with Crippen LogP contribution in [0.1, 0.15) is 31.2 Å². The minimum absolute atomic E-state index is 0.0652. The molecule has 0 spiro atoms. The second kappa shape index (κ2) is 12.5. The van der Waals surface area contributed by atoms with E-state index < -0.39 is 12.1 Å². The zero-order chi connectivity index (χ0) is 28.8. The standard InChI is InChI=1S/C25H33N3O4.C2HF3O2/c1-28-13-12-25(17-8-9-21(31-3)22(14-17)32-4)11-10-19(16-23(25)28)27-24(29)26-18-6-5-7-20(15-18)30-2;3-2(4,5)1(6)7/h5-9,14-15,19,23H,10-13,16H2,1-4H3,(H2,26,27,29);(H,6,7). The largest absolute Gasteiger partial charge is 0.497 e. The summed E-state index contributed by atoms with van der Waals surface area (Å²) in [6, 6.07) is 14.0. The van der Waals surface area contributed by atoms with Crippen molar-refractivity contribution in [1.82, 2.24) is 10.2 Å². The Morgan fingerprint density at radius 1 is 1.03 bits per heavy atom. The number of hydrogen-bond donors (Lipinski definition) is 3. The zero-order valence-electron chi connectivity index (χ0n) is 22.3. The molecular weight excluding hydrogens is 519 g/mol. The molecule has 1 aliphatic carbocycles. The molecule has 0 radical (unpaired) electrons. The molecule has 12 heteroatoms. The van der Waals surface area contributed by atoms with Gasteiger partial charge in [-0.1, -0.05) is 12.1 Å². The van der Waals surface area contributed by atoms with Gasteiger partial charge in [0.2, 0.25) is 0 Å². The van der Waals surface area contributed by atoms with E-state index in [9.17, 15) is 18.0 Å². The van der Waals surface area contributed by atoms with E-state index in [4.69, 9.17) is 24.1 Å². The van der Waals surface area contributed by atoms with Crippen molar-refractivity contribution < 1.29 is 42.1 Å². The van der Waals surface area contributed by atoms with Gasteiger partial charge in [-0.25, -0.2) is 9.59 Å². The van der Waals surface area contributed by atoms with Crippen LogP contribution in [0.3, 0.4) is 0 Å². The molecule has 0 bridgehead atoms. The molecule has 1 aliphatic heterocycles. The van der Waals surface area contributed by atoms with Crippen LogP contribution in [0.2, 0.25) is 0 Å². The van der Waals surface area contributed by atoms with E-state index in [-0.39, 0.29) is 17.5 Å². The molecule has 2 fully saturated rings. The first-order valence-electron chi connectivity index (χ1n) is 12.4. The average Bonchev–Trinajstić information content (AvgIpc) is 3.24. The van der Waals surface area contributed by atoms with Gasteiger partial charge in [-0.05, 0) is 69.1 Å². The highest BCUT2D eigenvalue weighted by Crippen LogP contribution is 2.49. The molecule has 39 heavy (non-hydrogen) atoms. The molecule has 4 rings (SSSR count). The van der Waals surface area contributed by atoms with Crippen molar-refractivity contribution in [3.05, 3.63) is 48.0 Å². The SMILES string of the molecule is COc1cccc(NC(=O)NC2CCC3(c4ccc(OC)c(OC)c4)CCN(C)C3C2)c1.O=C(O)C(F)(F)F. The van der Waals surface area contributed by atoms with E-state index >= 15 is 0 Å². The Labute approximate surface area is 225 Å². The number of alkyl halides is 3. The second-order valence-electron chi connectivity index (χ2n) is 9.58. The van der Waals surface area contributed by atoms with Gasteiger partial charge in [0.25, 0.3) is 0 Å². The number of benzene rings is 2. The summed E-state index contributed by atoms with van der Waals surface area (Å²) >= 11 is 0. The fourth-order valence-electron chi connectivity index (χ4n) is 5.45. The van der Waals surface area contributed by atoms with Gasteiger partial charge < -0.3 is 34.9 Å². The van der Waals surface area contributed by atoms with Crippen LogP contribution in [0.25, 0.3) is 0 Å². The van der Waals surface area contributed by atoms with Crippen LogP contribution >= 0.6 is 0 Å². The molecule has 3 unspecified atom stereocenters. The molecule has 2 aromatic rings. The van der Waals surface area contributed by atoms with Gasteiger partial charge in [0.05, 0.1) is 21.3 Å². The lowest BCUT2D eigenvalue weighted by Gasteiger charge is -2.45. The van der Waals surface area contributed by atoms with Gasteiger partial charge in [-0.2, -0.15) is 13.2 Å². The van der Waals surface area contributed by atoms with Crippen molar-refractivity contribution in [3.63, 3.8) is 0 Å². The maximum Gasteiger partial charge on any atom is 0.490 e. The summed E-state index contributed by atoms with van der Waals surface area (Å²) in [7, 11) is 7.14. The second-order valence-corrected chi connectivity index (χ2v) is 9.58. The van der Waals surface area contributed by atoms with Crippen LogP contribution in [0, 0.1) is 0 Å². The maximum atomic E-state index is 12.7. The number of aliphatic carboxylic acids is 1. The number of hydrogen-bond acceptors (Lipinski definition) is 6. The van der Waals surface area contributed by atoms with E-state index in [1.165, 1.54) is 5.56 Å². The van der Waals surface area contributed by atoms with E-state index in [0.717, 1.165) is 49.4 Å². The van der Waals surface area contributed by atoms with Crippen LogP contribution in [0.15, 0.2) is 42.5 Å².